The summed E-state index contributed by atoms with van der Waals surface area (Å²) in [5.74, 6) is -0.945. The summed E-state index contributed by atoms with van der Waals surface area (Å²) in [5, 5.41) is 0.704. The average Bonchev–Trinajstić information content (AvgIpc) is 2.63. The average molecular weight is 279 g/mol. The van der Waals surface area contributed by atoms with E-state index in [-0.39, 0.29) is 13.0 Å². The predicted molar refractivity (Wildman–Crippen MR) is 71.2 cm³/mol. The summed E-state index contributed by atoms with van der Waals surface area (Å²) < 4.78 is 32.5. The van der Waals surface area contributed by atoms with Gasteiger partial charge < -0.3 is 10.6 Å². The molecule has 2 heterocycles. The van der Waals surface area contributed by atoms with Gasteiger partial charge in [0, 0.05) is 9.24 Å². The van der Waals surface area contributed by atoms with Gasteiger partial charge in [-0.3, -0.25) is 9.63 Å². The van der Waals surface area contributed by atoms with Crippen molar-refractivity contribution in [3.63, 3.8) is 0 Å². The SMILES string of the molecule is [2H]C1([2H])C[C@@H](C(N)=O)N2C(=O)N(OCc3ccccc3)[C@H]1C2([2H])[2H]. The smallest absolute Gasteiger partial charge is 0.345 e. The van der Waals surface area contributed by atoms with Gasteiger partial charge in [0.2, 0.25) is 5.91 Å². The van der Waals surface area contributed by atoms with E-state index in [4.69, 9.17) is 16.1 Å². The van der Waals surface area contributed by atoms with Crippen LogP contribution in [0.3, 0.4) is 0 Å². The van der Waals surface area contributed by atoms with Gasteiger partial charge in [-0.05, 0) is 18.4 Å². The van der Waals surface area contributed by atoms with Crippen LogP contribution in [0.25, 0.3) is 0 Å². The maximum atomic E-state index is 12.5. The van der Waals surface area contributed by atoms with E-state index in [0.717, 1.165) is 5.56 Å². The number of amides is 3. The summed E-state index contributed by atoms with van der Waals surface area (Å²) in [4.78, 5) is 30.2. The molecule has 2 bridgehead atoms. The van der Waals surface area contributed by atoms with Crippen molar-refractivity contribution < 1.29 is 19.9 Å². The molecule has 3 rings (SSSR count). The molecule has 1 aromatic carbocycles. The van der Waals surface area contributed by atoms with E-state index in [1.54, 1.807) is 24.3 Å². The molecule has 6 nitrogen and oxygen atoms in total. The van der Waals surface area contributed by atoms with Crippen molar-refractivity contribution in [2.75, 3.05) is 6.50 Å². The van der Waals surface area contributed by atoms with Gasteiger partial charge in [-0.25, -0.2) is 4.79 Å². The number of rotatable bonds is 4. The minimum Gasteiger partial charge on any atom is -0.368 e. The van der Waals surface area contributed by atoms with Crippen LogP contribution in [-0.4, -0.2) is 40.5 Å². The highest BCUT2D eigenvalue weighted by Gasteiger charge is 2.47. The van der Waals surface area contributed by atoms with Crippen LogP contribution < -0.4 is 5.73 Å². The second kappa shape index (κ2) is 5.13. The first-order valence-electron chi connectivity index (χ1n) is 8.25. The maximum absolute atomic E-state index is 12.5. The van der Waals surface area contributed by atoms with Gasteiger partial charge in [0.15, 0.2) is 0 Å². The standard InChI is InChI=1S/C14H17N3O3/c15-13(18)12-7-6-11-8-16(12)14(19)17(11)20-9-10-4-2-1-3-5-10/h1-5,11-12H,6-9H2,(H2,15,18)/t11-,12+/m1/s1/i6D2,8D2. The minimum atomic E-state index is -2.41. The molecule has 2 aliphatic heterocycles. The topological polar surface area (TPSA) is 75.9 Å². The first-order valence-corrected chi connectivity index (χ1v) is 6.25. The van der Waals surface area contributed by atoms with E-state index < -0.39 is 36.9 Å². The maximum Gasteiger partial charge on any atom is 0.345 e. The number of primary amides is 1. The van der Waals surface area contributed by atoms with Crippen molar-refractivity contribution in [2.45, 2.75) is 31.5 Å². The lowest BCUT2D eigenvalue weighted by molar-refractivity contribution is -0.140. The number of hydrogen-bond donors (Lipinski definition) is 1. The Balaban J connectivity index is 1.91. The summed E-state index contributed by atoms with van der Waals surface area (Å²) in [7, 11) is 0. The van der Waals surface area contributed by atoms with E-state index in [9.17, 15) is 9.59 Å². The second-order valence-corrected chi connectivity index (χ2v) is 4.60. The molecule has 3 amide bonds. The highest BCUT2D eigenvalue weighted by molar-refractivity contribution is 5.87. The quantitative estimate of drug-likeness (QED) is 0.888. The fourth-order valence-electron chi connectivity index (χ4n) is 2.20. The number of nitrogens with two attached hydrogens (primary N) is 1. The molecular weight excluding hydrogens is 258 g/mol. The number of hydrogen-bond acceptors (Lipinski definition) is 3. The summed E-state index contributed by atoms with van der Waals surface area (Å²) in [6.07, 6.45) is -2.54. The zero-order valence-corrected chi connectivity index (χ0v) is 10.7. The van der Waals surface area contributed by atoms with Crippen LogP contribution in [0.2, 0.25) is 0 Å². The zero-order valence-electron chi connectivity index (χ0n) is 14.7. The summed E-state index contributed by atoms with van der Waals surface area (Å²) in [6, 6.07) is 5.18. The van der Waals surface area contributed by atoms with Crippen LogP contribution >= 0.6 is 0 Å². The van der Waals surface area contributed by atoms with Crippen LogP contribution in [0.4, 0.5) is 4.79 Å². The Bertz CT molecular complexity index is 670. The molecule has 2 aliphatic rings. The molecule has 0 radical (unpaired) electrons. The Labute approximate surface area is 122 Å². The van der Waals surface area contributed by atoms with Crippen molar-refractivity contribution in [3.8, 4) is 0 Å². The van der Waals surface area contributed by atoms with Crippen LogP contribution in [0.5, 0.6) is 0 Å². The molecule has 1 aromatic rings. The van der Waals surface area contributed by atoms with Crippen LogP contribution in [0, 0.1) is 0 Å². The first-order chi connectivity index (χ1) is 11.2. The summed E-state index contributed by atoms with van der Waals surface area (Å²) >= 11 is 0. The third-order valence-corrected chi connectivity index (χ3v) is 3.25. The number of carbonyl (C=O) groups is 2. The van der Waals surface area contributed by atoms with Crippen LogP contribution in [-0.2, 0) is 16.2 Å². The molecule has 0 saturated carbocycles. The minimum absolute atomic E-state index is 0.0235. The number of piperidine rings is 1. The number of benzene rings is 1. The molecular formula is C14H17N3O3. The Kier molecular flexibility index (Phi) is 2.30. The van der Waals surface area contributed by atoms with Gasteiger partial charge >= 0.3 is 6.03 Å². The molecule has 2 fully saturated rings. The van der Waals surface area contributed by atoms with Crippen LogP contribution in [0.15, 0.2) is 30.3 Å². The molecule has 20 heavy (non-hydrogen) atoms. The lowest BCUT2D eigenvalue weighted by Gasteiger charge is -2.27. The number of fused-ring (bicyclic) bond motifs is 2. The Hall–Kier alpha value is -2.08. The Morgan fingerprint density at radius 2 is 2.20 bits per heavy atom. The number of carbonyl (C=O) groups excluding carboxylic acids is 2. The summed E-state index contributed by atoms with van der Waals surface area (Å²) in [6.45, 7) is -2.43. The van der Waals surface area contributed by atoms with Crippen molar-refractivity contribution in [1.29, 1.82) is 0 Å². The lowest BCUT2D eigenvalue weighted by atomic mass is 10.0. The van der Waals surface area contributed by atoms with Gasteiger partial charge in [0.25, 0.3) is 0 Å². The largest absolute Gasteiger partial charge is 0.368 e. The van der Waals surface area contributed by atoms with E-state index in [1.165, 1.54) is 0 Å². The molecule has 2 atom stereocenters. The van der Waals surface area contributed by atoms with Gasteiger partial charge in [0.05, 0.1) is 8.78 Å². The molecule has 0 spiro atoms. The van der Waals surface area contributed by atoms with Crippen molar-refractivity contribution in [1.82, 2.24) is 9.96 Å². The van der Waals surface area contributed by atoms with Gasteiger partial charge in [-0.1, -0.05) is 30.3 Å². The van der Waals surface area contributed by atoms with Crippen molar-refractivity contribution >= 4 is 11.9 Å². The van der Waals surface area contributed by atoms with Gasteiger partial charge in [0.1, 0.15) is 12.6 Å². The molecule has 106 valence electrons. The molecule has 6 heteroatoms. The van der Waals surface area contributed by atoms with Crippen LogP contribution in [0.1, 0.15) is 23.8 Å². The highest BCUT2D eigenvalue weighted by atomic mass is 16.7. The van der Waals surface area contributed by atoms with Gasteiger partial charge in [-0.2, -0.15) is 5.06 Å². The normalized spacial score (nSPS) is 33.1. The molecule has 0 unspecified atom stereocenters. The predicted octanol–water partition coefficient (Wildman–Crippen LogP) is 0.872. The second-order valence-electron chi connectivity index (χ2n) is 4.60. The highest BCUT2D eigenvalue weighted by Crippen LogP contribution is 2.30. The lowest BCUT2D eigenvalue weighted by Crippen LogP contribution is -2.47. The third kappa shape index (κ3) is 2.22. The van der Waals surface area contributed by atoms with E-state index in [2.05, 4.69) is 0 Å². The molecule has 2 saturated heterocycles. The third-order valence-electron chi connectivity index (χ3n) is 3.25. The molecule has 2 N–H and O–H groups in total. The monoisotopic (exact) mass is 279 g/mol. The van der Waals surface area contributed by atoms with Gasteiger partial charge in [-0.15, -0.1) is 0 Å². The molecule has 0 aromatic heterocycles. The van der Waals surface area contributed by atoms with Crippen molar-refractivity contribution in [3.05, 3.63) is 35.9 Å². The zero-order chi connectivity index (χ0) is 17.7. The number of hydroxylamine groups is 2. The van der Waals surface area contributed by atoms with Crippen molar-refractivity contribution in [2.24, 2.45) is 5.73 Å². The van der Waals surface area contributed by atoms with E-state index in [1.807, 2.05) is 6.07 Å². The van der Waals surface area contributed by atoms with E-state index in [0.29, 0.717) is 9.96 Å². The fourth-order valence-corrected chi connectivity index (χ4v) is 2.20. The number of urea groups is 1. The van der Waals surface area contributed by atoms with E-state index >= 15 is 0 Å². The first kappa shape index (κ1) is 8.97. The molecule has 0 aliphatic carbocycles. The summed E-state index contributed by atoms with van der Waals surface area (Å²) in [5.41, 5.74) is 5.99. The Morgan fingerprint density at radius 1 is 1.45 bits per heavy atom. The Morgan fingerprint density at radius 3 is 2.90 bits per heavy atom. The fraction of sp³-hybridized carbons (Fsp3) is 0.429. The number of nitrogens with zero attached hydrogens (tertiary/aromatic N) is 2.